The Kier molecular flexibility index (Phi) is 3.43. The number of amides is 1. The molecule has 1 aliphatic carbocycles. The van der Waals surface area contributed by atoms with Crippen molar-refractivity contribution in [2.24, 2.45) is 0 Å². The minimum Gasteiger partial charge on any atom is -0.493 e. The molecular weight excluding hydrogens is 362 g/mol. The zero-order chi connectivity index (χ0) is 16.2. The molecule has 4 rings (SSSR count). The maximum Gasteiger partial charge on any atom is 0.210 e. The highest BCUT2D eigenvalue weighted by Gasteiger charge is 2.53. The Labute approximate surface area is 143 Å². The number of carbonyl (C=O) groups excluding carboxylic acids is 1. The lowest BCUT2D eigenvalue weighted by molar-refractivity contribution is -0.118. The quantitative estimate of drug-likeness (QED) is 0.631. The normalized spacial score (nSPS) is 31.0. The summed E-state index contributed by atoms with van der Waals surface area (Å²) >= 11 is 3.63. The van der Waals surface area contributed by atoms with Gasteiger partial charge < -0.3 is 19.5 Å². The third-order valence-electron chi connectivity index (χ3n) is 5.21. The Balaban J connectivity index is 1.98. The number of nitrogens with zero attached hydrogens (tertiary/aromatic N) is 1. The molecule has 0 radical (unpaired) electrons. The summed E-state index contributed by atoms with van der Waals surface area (Å²) in [6, 6.07) is 1.90. The van der Waals surface area contributed by atoms with Gasteiger partial charge in [0.05, 0.1) is 18.6 Å². The van der Waals surface area contributed by atoms with Crippen molar-refractivity contribution in [2.75, 3.05) is 13.7 Å². The van der Waals surface area contributed by atoms with Crippen molar-refractivity contribution in [1.29, 1.82) is 0 Å². The number of ether oxygens (including phenoxy) is 2. The summed E-state index contributed by atoms with van der Waals surface area (Å²) in [7, 11) is 1.63. The van der Waals surface area contributed by atoms with Gasteiger partial charge in [0.2, 0.25) is 6.41 Å². The molecule has 1 N–H and O–H groups in total. The van der Waals surface area contributed by atoms with Gasteiger partial charge in [-0.05, 0) is 18.1 Å². The predicted molar refractivity (Wildman–Crippen MR) is 87.6 cm³/mol. The van der Waals surface area contributed by atoms with Gasteiger partial charge in [-0.2, -0.15) is 0 Å². The van der Waals surface area contributed by atoms with Crippen molar-refractivity contribution in [3.63, 3.8) is 0 Å². The number of aliphatic hydroxyl groups is 1. The van der Waals surface area contributed by atoms with Crippen LogP contribution < -0.4 is 9.47 Å². The van der Waals surface area contributed by atoms with Gasteiger partial charge in [0.25, 0.3) is 0 Å². The molecule has 0 fully saturated rings. The number of benzene rings is 1. The minimum atomic E-state index is -0.497. The number of hydrogen-bond acceptors (Lipinski definition) is 4. The Morgan fingerprint density at radius 1 is 1.57 bits per heavy atom. The molecule has 3 atom stereocenters. The Morgan fingerprint density at radius 3 is 3.13 bits per heavy atom. The fourth-order valence-electron chi connectivity index (χ4n) is 4.07. The summed E-state index contributed by atoms with van der Waals surface area (Å²) in [6.07, 6.45) is 5.52. The predicted octanol–water partition coefficient (Wildman–Crippen LogP) is 2.14. The SMILES string of the molecule is COc1cc(Br)c2c3c1OC1C[C@@H](O)C=C[C@@]31CCN(C=O)C2. The monoisotopic (exact) mass is 379 g/mol. The van der Waals surface area contributed by atoms with Gasteiger partial charge in [0.1, 0.15) is 6.10 Å². The fourth-order valence-corrected chi connectivity index (χ4v) is 4.60. The average Bonchev–Trinajstić information content (AvgIpc) is 2.77. The average molecular weight is 380 g/mol. The van der Waals surface area contributed by atoms with E-state index in [-0.39, 0.29) is 11.5 Å². The van der Waals surface area contributed by atoms with Crippen molar-refractivity contribution in [1.82, 2.24) is 4.90 Å². The minimum absolute atomic E-state index is 0.133. The molecule has 0 bridgehead atoms. The summed E-state index contributed by atoms with van der Waals surface area (Å²) in [4.78, 5) is 13.2. The van der Waals surface area contributed by atoms with Crippen LogP contribution in [0.25, 0.3) is 0 Å². The van der Waals surface area contributed by atoms with Gasteiger partial charge in [0.15, 0.2) is 11.5 Å². The number of hydrogen-bond donors (Lipinski definition) is 1. The number of carbonyl (C=O) groups is 1. The highest BCUT2D eigenvalue weighted by molar-refractivity contribution is 9.10. The zero-order valence-electron chi connectivity index (χ0n) is 12.8. The van der Waals surface area contributed by atoms with Gasteiger partial charge in [-0.3, -0.25) is 4.79 Å². The van der Waals surface area contributed by atoms with Gasteiger partial charge in [0, 0.05) is 29.5 Å². The van der Waals surface area contributed by atoms with E-state index < -0.39 is 6.10 Å². The van der Waals surface area contributed by atoms with E-state index >= 15 is 0 Å². The first kappa shape index (κ1) is 15.0. The van der Waals surface area contributed by atoms with Gasteiger partial charge in [-0.15, -0.1) is 0 Å². The molecule has 2 aliphatic heterocycles. The lowest BCUT2D eigenvalue weighted by Crippen LogP contribution is -2.42. The van der Waals surface area contributed by atoms with Crippen LogP contribution in [-0.2, 0) is 16.8 Å². The van der Waals surface area contributed by atoms with Crippen LogP contribution in [-0.4, -0.2) is 42.3 Å². The van der Waals surface area contributed by atoms with Crippen molar-refractivity contribution in [2.45, 2.75) is 37.0 Å². The summed E-state index contributed by atoms with van der Waals surface area (Å²) in [6.45, 7) is 1.21. The molecule has 1 aromatic rings. The highest BCUT2D eigenvalue weighted by Crippen LogP contribution is 2.57. The first-order chi connectivity index (χ1) is 11.1. The molecule has 3 aliphatic rings. The molecule has 1 spiro atoms. The molecule has 0 saturated carbocycles. The van der Waals surface area contributed by atoms with Crippen LogP contribution in [0, 0.1) is 0 Å². The van der Waals surface area contributed by atoms with Crippen LogP contribution >= 0.6 is 15.9 Å². The first-order valence-electron chi connectivity index (χ1n) is 7.72. The van der Waals surface area contributed by atoms with Crippen molar-refractivity contribution in [3.8, 4) is 11.5 Å². The third kappa shape index (κ3) is 2.04. The van der Waals surface area contributed by atoms with Gasteiger partial charge in [-0.25, -0.2) is 0 Å². The Bertz CT molecular complexity index is 704. The van der Waals surface area contributed by atoms with E-state index in [1.54, 1.807) is 12.0 Å². The zero-order valence-corrected chi connectivity index (χ0v) is 14.4. The number of methoxy groups -OCH3 is 1. The van der Waals surface area contributed by atoms with Crippen LogP contribution in [0.3, 0.4) is 0 Å². The molecule has 5 nitrogen and oxygen atoms in total. The van der Waals surface area contributed by atoms with E-state index in [0.29, 0.717) is 25.3 Å². The van der Waals surface area contributed by atoms with E-state index in [2.05, 4.69) is 22.0 Å². The van der Waals surface area contributed by atoms with E-state index in [1.165, 1.54) is 0 Å². The van der Waals surface area contributed by atoms with E-state index in [0.717, 1.165) is 34.2 Å². The summed E-state index contributed by atoms with van der Waals surface area (Å²) < 4.78 is 12.7. The Morgan fingerprint density at radius 2 is 2.39 bits per heavy atom. The maximum atomic E-state index is 11.4. The van der Waals surface area contributed by atoms with Crippen LogP contribution in [0.5, 0.6) is 11.5 Å². The molecule has 0 saturated heterocycles. The third-order valence-corrected chi connectivity index (χ3v) is 5.92. The molecule has 0 aromatic heterocycles. The number of aliphatic hydroxyl groups excluding tert-OH is 1. The molecular formula is C17H18BrNO4. The van der Waals surface area contributed by atoms with E-state index in [4.69, 9.17) is 9.47 Å². The molecule has 122 valence electrons. The van der Waals surface area contributed by atoms with Crippen molar-refractivity contribution >= 4 is 22.3 Å². The second kappa shape index (κ2) is 5.24. The lowest BCUT2D eigenvalue weighted by atomic mass is 9.69. The molecule has 1 unspecified atom stereocenters. The van der Waals surface area contributed by atoms with Crippen molar-refractivity contribution in [3.05, 3.63) is 33.8 Å². The Hall–Kier alpha value is -1.53. The first-order valence-corrected chi connectivity index (χ1v) is 8.51. The van der Waals surface area contributed by atoms with Gasteiger partial charge >= 0.3 is 0 Å². The summed E-state index contributed by atoms with van der Waals surface area (Å²) in [5, 5.41) is 10.0. The van der Waals surface area contributed by atoms with E-state index in [9.17, 15) is 9.90 Å². The highest BCUT2D eigenvalue weighted by atomic mass is 79.9. The fraction of sp³-hybridized carbons (Fsp3) is 0.471. The topological polar surface area (TPSA) is 59.0 Å². The largest absolute Gasteiger partial charge is 0.493 e. The standard InChI is InChI=1S/C17H18BrNO4/c1-22-13-7-12(18)11-8-19(9-20)5-4-17-3-2-10(21)6-14(17)23-16(13)15(11)17/h2-3,7,9-10,14,21H,4-6,8H2,1H3/t10-,14?,17-/m0/s1. The summed E-state index contributed by atoms with van der Waals surface area (Å²) in [5.74, 6) is 1.44. The number of halogens is 1. The van der Waals surface area contributed by atoms with Crippen LogP contribution in [0.1, 0.15) is 24.0 Å². The summed E-state index contributed by atoms with van der Waals surface area (Å²) in [5.41, 5.74) is 1.86. The number of rotatable bonds is 2. The van der Waals surface area contributed by atoms with Crippen molar-refractivity contribution < 1.29 is 19.4 Å². The van der Waals surface area contributed by atoms with Crippen LogP contribution in [0.2, 0.25) is 0 Å². The smallest absolute Gasteiger partial charge is 0.210 e. The van der Waals surface area contributed by atoms with Crippen LogP contribution in [0.15, 0.2) is 22.7 Å². The lowest BCUT2D eigenvalue weighted by Gasteiger charge is -2.35. The second-order valence-corrected chi connectivity index (χ2v) is 7.23. The maximum absolute atomic E-state index is 11.4. The molecule has 23 heavy (non-hydrogen) atoms. The molecule has 6 heteroatoms. The molecule has 1 amide bonds. The van der Waals surface area contributed by atoms with Crippen LogP contribution in [0.4, 0.5) is 0 Å². The van der Waals surface area contributed by atoms with Gasteiger partial charge in [-0.1, -0.05) is 28.1 Å². The second-order valence-electron chi connectivity index (χ2n) is 6.38. The van der Waals surface area contributed by atoms with E-state index in [1.807, 2.05) is 12.1 Å². The molecule has 2 heterocycles. The molecule has 1 aromatic carbocycles.